The fourth-order valence-electron chi connectivity index (χ4n) is 1.63. The fourth-order valence-corrected chi connectivity index (χ4v) is 1.77. The normalized spacial score (nSPS) is 10.9. The molecule has 2 N–H and O–H groups in total. The van der Waals surface area contributed by atoms with Crippen molar-refractivity contribution in [2.24, 2.45) is 0 Å². The molecular weight excluding hydrogens is 248 g/mol. The van der Waals surface area contributed by atoms with Gasteiger partial charge in [-0.15, -0.1) is 11.6 Å². The predicted molar refractivity (Wildman–Crippen MR) is 62.8 cm³/mol. The average molecular weight is 257 g/mol. The second kappa shape index (κ2) is 4.58. The van der Waals surface area contributed by atoms with Gasteiger partial charge in [0.15, 0.2) is 0 Å². The Morgan fingerprint density at radius 3 is 2.71 bits per heavy atom. The molecular formula is C10H9ClN2O4. The van der Waals surface area contributed by atoms with E-state index in [1.165, 1.54) is 6.07 Å². The Kier molecular flexibility index (Phi) is 3.14. The number of nitrogens with one attached hydrogen (secondary N) is 2. The van der Waals surface area contributed by atoms with Crippen LogP contribution in [-0.2, 0) is 6.42 Å². The maximum Gasteiger partial charge on any atom is 0.337 e. The molecule has 0 aliphatic rings. The molecule has 0 radical (unpaired) electrons. The summed E-state index contributed by atoms with van der Waals surface area (Å²) in [7, 11) is 0. The molecule has 2 rings (SSSR count). The Bertz CT molecular complexity index is 707. The first kappa shape index (κ1) is 11.7. The van der Waals surface area contributed by atoms with Crippen LogP contribution in [0.25, 0.3) is 11.1 Å². The number of halogens is 1. The maximum absolute atomic E-state index is 11.6. The first-order valence-electron chi connectivity index (χ1n) is 4.97. The molecule has 2 heterocycles. The molecule has 0 saturated carbocycles. The number of aromatic amines is 2. The topological polar surface area (TPSA) is 95.9 Å². The quantitative estimate of drug-likeness (QED) is 0.774. The molecule has 0 aromatic carbocycles. The van der Waals surface area contributed by atoms with E-state index >= 15 is 0 Å². The third-order valence-electron chi connectivity index (χ3n) is 2.30. The second-order valence-electron chi connectivity index (χ2n) is 3.50. The van der Waals surface area contributed by atoms with Crippen molar-refractivity contribution in [3.05, 3.63) is 42.9 Å². The van der Waals surface area contributed by atoms with Gasteiger partial charge in [0.2, 0.25) is 5.71 Å². The van der Waals surface area contributed by atoms with Gasteiger partial charge in [0.25, 0.3) is 5.56 Å². The van der Waals surface area contributed by atoms with Crippen LogP contribution in [0, 0.1) is 0 Å². The third-order valence-corrected chi connectivity index (χ3v) is 2.57. The summed E-state index contributed by atoms with van der Waals surface area (Å²) in [4.78, 5) is 38.3. The predicted octanol–water partition coefficient (Wildman–Crippen LogP) is 0.341. The third kappa shape index (κ3) is 2.31. The Hall–Kier alpha value is -1.82. The zero-order valence-corrected chi connectivity index (χ0v) is 9.47. The minimum Gasteiger partial charge on any atom is -0.405 e. The van der Waals surface area contributed by atoms with Gasteiger partial charge in [-0.05, 0) is 18.4 Å². The molecule has 0 aliphatic heterocycles. The lowest BCUT2D eigenvalue weighted by Crippen LogP contribution is -2.24. The maximum atomic E-state index is 11.6. The van der Waals surface area contributed by atoms with E-state index in [0.717, 1.165) is 0 Å². The van der Waals surface area contributed by atoms with Crippen molar-refractivity contribution in [3.8, 4) is 0 Å². The van der Waals surface area contributed by atoms with E-state index in [1.54, 1.807) is 0 Å². The molecule has 6 nitrogen and oxygen atoms in total. The van der Waals surface area contributed by atoms with E-state index in [1.807, 2.05) is 0 Å². The lowest BCUT2D eigenvalue weighted by atomic mass is 10.1. The number of hydrogen-bond donors (Lipinski definition) is 2. The van der Waals surface area contributed by atoms with Crippen molar-refractivity contribution in [1.29, 1.82) is 0 Å². The SMILES string of the molecule is O=c1[nH]c(=O)c2c(CCCCl)cc(=O)oc2[nH]1. The summed E-state index contributed by atoms with van der Waals surface area (Å²) in [6.45, 7) is 0. The Morgan fingerprint density at radius 1 is 1.24 bits per heavy atom. The molecule has 0 aliphatic carbocycles. The highest BCUT2D eigenvalue weighted by Gasteiger charge is 2.10. The highest BCUT2D eigenvalue weighted by molar-refractivity contribution is 6.17. The summed E-state index contributed by atoms with van der Waals surface area (Å²) in [6, 6.07) is 1.24. The van der Waals surface area contributed by atoms with Crippen LogP contribution < -0.4 is 16.9 Å². The summed E-state index contributed by atoms with van der Waals surface area (Å²) in [5.74, 6) is 0.420. The van der Waals surface area contributed by atoms with E-state index in [0.29, 0.717) is 24.3 Å². The summed E-state index contributed by atoms with van der Waals surface area (Å²) >= 11 is 5.56. The Balaban J connectivity index is 2.78. The van der Waals surface area contributed by atoms with Crippen molar-refractivity contribution in [2.75, 3.05) is 5.88 Å². The molecule has 0 unspecified atom stereocenters. The van der Waals surface area contributed by atoms with E-state index in [2.05, 4.69) is 9.97 Å². The van der Waals surface area contributed by atoms with Crippen LogP contribution in [0.15, 0.2) is 24.9 Å². The molecule has 0 atom stereocenters. The molecule has 0 fully saturated rings. The molecule has 7 heteroatoms. The van der Waals surface area contributed by atoms with Crippen molar-refractivity contribution < 1.29 is 4.42 Å². The molecule has 0 amide bonds. The molecule has 0 bridgehead atoms. The number of alkyl halides is 1. The largest absolute Gasteiger partial charge is 0.405 e. The minimum absolute atomic E-state index is 0.101. The van der Waals surface area contributed by atoms with Crippen molar-refractivity contribution >= 4 is 22.7 Å². The summed E-state index contributed by atoms with van der Waals surface area (Å²) < 4.78 is 4.78. The van der Waals surface area contributed by atoms with Gasteiger partial charge < -0.3 is 4.42 Å². The number of rotatable bonds is 3. The number of fused-ring (bicyclic) bond motifs is 1. The fraction of sp³-hybridized carbons (Fsp3) is 0.300. The lowest BCUT2D eigenvalue weighted by molar-refractivity contribution is 0.544. The highest BCUT2D eigenvalue weighted by atomic mass is 35.5. The van der Waals surface area contributed by atoms with Gasteiger partial charge in [0.05, 0.1) is 0 Å². The van der Waals surface area contributed by atoms with Crippen LogP contribution in [0.5, 0.6) is 0 Å². The van der Waals surface area contributed by atoms with Crippen molar-refractivity contribution in [1.82, 2.24) is 9.97 Å². The number of hydrogen-bond acceptors (Lipinski definition) is 4. The molecule has 17 heavy (non-hydrogen) atoms. The molecule has 0 spiro atoms. The lowest BCUT2D eigenvalue weighted by Gasteiger charge is -2.02. The van der Waals surface area contributed by atoms with Gasteiger partial charge in [0.1, 0.15) is 5.39 Å². The highest BCUT2D eigenvalue weighted by Crippen LogP contribution is 2.11. The van der Waals surface area contributed by atoms with Gasteiger partial charge in [-0.25, -0.2) is 9.59 Å². The van der Waals surface area contributed by atoms with Crippen LogP contribution in [0.3, 0.4) is 0 Å². The molecule has 2 aromatic rings. The summed E-state index contributed by atoms with van der Waals surface area (Å²) in [6.07, 6.45) is 1.10. The van der Waals surface area contributed by atoms with Gasteiger partial charge in [-0.2, -0.15) is 0 Å². The summed E-state index contributed by atoms with van der Waals surface area (Å²) in [5.41, 5.74) is -1.47. The summed E-state index contributed by atoms with van der Waals surface area (Å²) in [5, 5.41) is 0.189. The monoisotopic (exact) mass is 256 g/mol. The average Bonchev–Trinajstić information content (AvgIpc) is 2.24. The molecule has 90 valence electrons. The van der Waals surface area contributed by atoms with E-state index in [-0.39, 0.29) is 11.1 Å². The first-order chi connectivity index (χ1) is 8.11. The van der Waals surface area contributed by atoms with Crippen LogP contribution in [0.1, 0.15) is 12.0 Å². The van der Waals surface area contributed by atoms with Crippen LogP contribution in [0.2, 0.25) is 0 Å². The Labute approximate surface area is 99.2 Å². The van der Waals surface area contributed by atoms with Crippen molar-refractivity contribution in [3.63, 3.8) is 0 Å². The first-order valence-corrected chi connectivity index (χ1v) is 5.50. The molecule has 0 saturated heterocycles. The smallest absolute Gasteiger partial charge is 0.337 e. The van der Waals surface area contributed by atoms with Crippen LogP contribution in [0.4, 0.5) is 0 Å². The van der Waals surface area contributed by atoms with Crippen LogP contribution in [-0.4, -0.2) is 15.8 Å². The zero-order valence-electron chi connectivity index (χ0n) is 8.71. The number of H-pyrrole nitrogens is 2. The van der Waals surface area contributed by atoms with E-state index < -0.39 is 16.9 Å². The van der Waals surface area contributed by atoms with E-state index in [4.69, 9.17) is 16.0 Å². The number of aryl methyl sites for hydroxylation is 1. The van der Waals surface area contributed by atoms with Gasteiger partial charge in [-0.1, -0.05) is 0 Å². The zero-order chi connectivity index (χ0) is 12.4. The van der Waals surface area contributed by atoms with Crippen LogP contribution >= 0.6 is 11.6 Å². The second-order valence-corrected chi connectivity index (χ2v) is 3.87. The number of aromatic nitrogens is 2. The Morgan fingerprint density at radius 2 is 2.00 bits per heavy atom. The van der Waals surface area contributed by atoms with Gasteiger partial charge in [-0.3, -0.25) is 14.8 Å². The minimum atomic E-state index is -0.708. The van der Waals surface area contributed by atoms with Gasteiger partial charge in [0, 0.05) is 11.9 Å². The standard InChI is InChI=1S/C10H9ClN2O4/c11-3-1-2-5-4-6(14)17-9-7(5)8(15)12-10(16)13-9/h4H,1-3H2,(H2,12,13,15,16). The van der Waals surface area contributed by atoms with E-state index in [9.17, 15) is 14.4 Å². The van der Waals surface area contributed by atoms with Crippen molar-refractivity contribution in [2.45, 2.75) is 12.8 Å². The van der Waals surface area contributed by atoms with Gasteiger partial charge >= 0.3 is 11.3 Å². The molecule has 2 aromatic heterocycles.